The summed E-state index contributed by atoms with van der Waals surface area (Å²) in [6, 6.07) is 3.70. The first kappa shape index (κ1) is 15.6. The van der Waals surface area contributed by atoms with E-state index in [0.29, 0.717) is 19.4 Å². The van der Waals surface area contributed by atoms with Crippen molar-refractivity contribution < 1.29 is 14.4 Å². The Morgan fingerprint density at radius 1 is 1.29 bits per heavy atom. The van der Waals surface area contributed by atoms with E-state index in [2.05, 4.69) is 5.32 Å². The number of urea groups is 1. The zero-order chi connectivity index (χ0) is 16.7. The lowest BCUT2D eigenvalue weighted by atomic mass is 9.98. The van der Waals surface area contributed by atoms with Crippen LogP contribution in [0.5, 0.6) is 0 Å². The van der Waals surface area contributed by atoms with E-state index < -0.39 is 11.6 Å². The van der Waals surface area contributed by atoms with Crippen molar-refractivity contribution in [1.29, 1.82) is 0 Å². The average molecular weight is 347 g/mol. The molecule has 1 saturated carbocycles. The van der Waals surface area contributed by atoms with E-state index in [4.69, 9.17) is 0 Å². The summed E-state index contributed by atoms with van der Waals surface area (Å²) in [5.41, 5.74) is -0.741. The lowest BCUT2D eigenvalue weighted by Crippen LogP contribution is -2.46. The van der Waals surface area contributed by atoms with Gasteiger partial charge in [-0.15, -0.1) is 11.3 Å². The van der Waals surface area contributed by atoms with E-state index in [1.165, 1.54) is 4.88 Å². The van der Waals surface area contributed by atoms with Gasteiger partial charge in [-0.05, 0) is 37.1 Å². The topological polar surface area (TPSA) is 69.7 Å². The molecule has 0 unspecified atom stereocenters. The molecular weight excluding hydrogens is 326 g/mol. The van der Waals surface area contributed by atoms with Gasteiger partial charge in [0.25, 0.3) is 5.91 Å². The van der Waals surface area contributed by atoms with Crippen molar-refractivity contribution >= 4 is 29.2 Å². The van der Waals surface area contributed by atoms with Crippen LogP contribution >= 0.6 is 11.3 Å². The van der Waals surface area contributed by atoms with Gasteiger partial charge in [0.1, 0.15) is 12.1 Å². The van der Waals surface area contributed by atoms with Gasteiger partial charge in [-0.25, -0.2) is 4.79 Å². The van der Waals surface area contributed by atoms with Gasteiger partial charge in [0.05, 0.1) is 6.04 Å². The average Bonchev–Trinajstić information content (AvgIpc) is 3.33. The molecule has 3 fully saturated rings. The van der Waals surface area contributed by atoms with E-state index in [-0.39, 0.29) is 24.4 Å². The minimum Gasteiger partial charge on any atom is -0.333 e. The second kappa shape index (κ2) is 5.88. The summed E-state index contributed by atoms with van der Waals surface area (Å²) in [7, 11) is 0. The summed E-state index contributed by atoms with van der Waals surface area (Å²) in [4.78, 5) is 41.8. The molecule has 1 spiro atoms. The Labute approximate surface area is 144 Å². The Morgan fingerprint density at radius 2 is 2.08 bits per heavy atom. The fourth-order valence-corrected chi connectivity index (χ4v) is 5.08. The lowest BCUT2D eigenvalue weighted by molar-refractivity contribution is -0.139. The van der Waals surface area contributed by atoms with E-state index >= 15 is 0 Å². The predicted octanol–water partition coefficient (Wildman–Crippen LogP) is 2.28. The molecular formula is C17H21N3O3S. The largest absolute Gasteiger partial charge is 0.333 e. The number of rotatable bonds is 3. The fraction of sp³-hybridized carbons (Fsp3) is 0.588. The monoisotopic (exact) mass is 347 g/mol. The minimum absolute atomic E-state index is 0.0821. The Kier molecular flexibility index (Phi) is 3.83. The molecule has 2 aliphatic heterocycles. The standard InChI is InChI=1S/C17H21N3O3S/c21-14(19-9-3-5-12(19)13-6-4-10-24-13)11-20-15(22)17(18-16(20)23)7-1-2-8-17/h4,6,10,12H,1-3,5,7-9,11H2,(H,18,23)/t12-/m1/s1. The number of thiophene rings is 1. The fourth-order valence-electron chi connectivity index (χ4n) is 4.21. The summed E-state index contributed by atoms with van der Waals surface area (Å²) < 4.78 is 0. The van der Waals surface area contributed by atoms with Gasteiger partial charge in [-0.2, -0.15) is 0 Å². The summed E-state index contributed by atoms with van der Waals surface area (Å²) in [5, 5.41) is 4.84. The zero-order valence-electron chi connectivity index (χ0n) is 13.5. The molecule has 1 aliphatic carbocycles. The number of likely N-dealkylation sites (tertiary alicyclic amines) is 1. The maximum atomic E-state index is 12.8. The number of hydrogen-bond donors (Lipinski definition) is 1. The molecule has 2 saturated heterocycles. The van der Waals surface area contributed by atoms with E-state index in [9.17, 15) is 14.4 Å². The van der Waals surface area contributed by atoms with E-state index in [1.54, 1.807) is 11.3 Å². The Bertz CT molecular complexity index is 667. The number of amides is 4. The van der Waals surface area contributed by atoms with Crippen LogP contribution in [0.25, 0.3) is 0 Å². The molecule has 0 bridgehead atoms. The van der Waals surface area contributed by atoms with Crippen LogP contribution in [-0.2, 0) is 9.59 Å². The molecule has 1 atom stereocenters. The van der Waals surface area contributed by atoms with Crippen molar-refractivity contribution in [1.82, 2.24) is 15.1 Å². The second-order valence-electron chi connectivity index (χ2n) is 6.87. The van der Waals surface area contributed by atoms with Gasteiger partial charge >= 0.3 is 6.03 Å². The first-order valence-corrected chi connectivity index (χ1v) is 9.46. The first-order valence-electron chi connectivity index (χ1n) is 8.58. The maximum absolute atomic E-state index is 12.8. The number of nitrogens with one attached hydrogen (secondary N) is 1. The highest BCUT2D eigenvalue weighted by atomic mass is 32.1. The van der Waals surface area contributed by atoms with Crippen molar-refractivity contribution in [2.45, 2.75) is 50.1 Å². The van der Waals surface area contributed by atoms with Gasteiger partial charge in [0, 0.05) is 11.4 Å². The molecule has 1 N–H and O–H groups in total. The SMILES string of the molecule is O=C1NC2(CCCC2)C(=O)N1CC(=O)N1CCC[C@@H]1c1cccs1. The van der Waals surface area contributed by atoms with Gasteiger partial charge in [-0.1, -0.05) is 18.9 Å². The normalized spacial score (nSPS) is 25.8. The van der Waals surface area contributed by atoms with Crippen molar-refractivity contribution in [2.24, 2.45) is 0 Å². The molecule has 7 heteroatoms. The van der Waals surface area contributed by atoms with E-state index in [0.717, 1.165) is 30.6 Å². The van der Waals surface area contributed by atoms with Crippen LogP contribution in [0.2, 0.25) is 0 Å². The molecule has 0 aromatic carbocycles. The summed E-state index contributed by atoms with van der Waals surface area (Å²) in [5.74, 6) is -0.352. The van der Waals surface area contributed by atoms with Crippen LogP contribution in [-0.4, -0.2) is 46.3 Å². The summed E-state index contributed by atoms with van der Waals surface area (Å²) >= 11 is 1.65. The highest BCUT2D eigenvalue weighted by molar-refractivity contribution is 7.10. The lowest BCUT2D eigenvalue weighted by Gasteiger charge is -2.26. The molecule has 4 rings (SSSR count). The number of hydrogen-bond acceptors (Lipinski definition) is 4. The molecule has 1 aromatic heterocycles. The van der Waals surface area contributed by atoms with Crippen molar-refractivity contribution in [3.05, 3.63) is 22.4 Å². The third kappa shape index (κ3) is 2.42. The highest BCUT2D eigenvalue weighted by Crippen LogP contribution is 2.37. The molecule has 3 heterocycles. The predicted molar refractivity (Wildman–Crippen MR) is 89.5 cm³/mol. The highest BCUT2D eigenvalue weighted by Gasteiger charge is 2.53. The Morgan fingerprint density at radius 3 is 2.79 bits per heavy atom. The quantitative estimate of drug-likeness (QED) is 0.853. The van der Waals surface area contributed by atoms with Crippen LogP contribution in [0, 0.1) is 0 Å². The number of nitrogens with zero attached hydrogens (tertiary/aromatic N) is 2. The van der Waals surface area contributed by atoms with Crippen LogP contribution in [0.1, 0.15) is 49.4 Å². The number of imide groups is 1. The summed E-state index contributed by atoms with van der Waals surface area (Å²) in [6.07, 6.45) is 5.16. The van der Waals surface area contributed by atoms with Gasteiger partial charge in [-0.3, -0.25) is 14.5 Å². The first-order chi connectivity index (χ1) is 11.6. The second-order valence-corrected chi connectivity index (χ2v) is 7.85. The third-order valence-corrected chi connectivity index (χ3v) is 6.41. The smallest absolute Gasteiger partial charge is 0.325 e. The van der Waals surface area contributed by atoms with Crippen LogP contribution < -0.4 is 5.32 Å². The molecule has 0 radical (unpaired) electrons. The van der Waals surface area contributed by atoms with Crippen molar-refractivity contribution in [3.8, 4) is 0 Å². The molecule has 3 aliphatic rings. The van der Waals surface area contributed by atoms with Crippen LogP contribution in [0.3, 0.4) is 0 Å². The van der Waals surface area contributed by atoms with Crippen molar-refractivity contribution in [2.75, 3.05) is 13.1 Å². The number of carbonyl (C=O) groups excluding carboxylic acids is 3. The minimum atomic E-state index is -0.741. The molecule has 6 nitrogen and oxygen atoms in total. The third-order valence-electron chi connectivity index (χ3n) is 5.44. The Balaban J connectivity index is 1.48. The van der Waals surface area contributed by atoms with Gasteiger partial charge in [0.2, 0.25) is 5.91 Å². The van der Waals surface area contributed by atoms with E-state index in [1.807, 2.05) is 22.4 Å². The molecule has 24 heavy (non-hydrogen) atoms. The molecule has 1 aromatic rings. The zero-order valence-corrected chi connectivity index (χ0v) is 14.3. The van der Waals surface area contributed by atoms with Gasteiger partial charge in [0.15, 0.2) is 0 Å². The van der Waals surface area contributed by atoms with Crippen LogP contribution in [0.15, 0.2) is 17.5 Å². The molecule has 128 valence electrons. The van der Waals surface area contributed by atoms with Gasteiger partial charge < -0.3 is 10.2 Å². The Hall–Kier alpha value is -1.89. The molecule has 4 amide bonds. The van der Waals surface area contributed by atoms with Crippen molar-refractivity contribution in [3.63, 3.8) is 0 Å². The maximum Gasteiger partial charge on any atom is 0.325 e. The number of carbonyl (C=O) groups is 3. The van der Waals surface area contributed by atoms with Crippen LogP contribution in [0.4, 0.5) is 4.79 Å². The summed E-state index contributed by atoms with van der Waals surface area (Å²) in [6.45, 7) is 0.546.